The van der Waals surface area contributed by atoms with Crippen LogP contribution in [0.3, 0.4) is 0 Å². The van der Waals surface area contributed by atoms with Crippen LogP contribution in [0.25, 0.3) is 16.8 Å². The first-order valence-electron chi connectivity index (χ1n) is 9.46. The minimum Gasteiger partial charge on any atom is -0.480 e. The van der Waals surface area contributed by atoms with Gasteiger partial charge in [0.25, 0.3) is 10.0 Å². The predicted octanol–water partition coefficient (Wildman–Crippen LogP) is 1.64. The molecule has 0 aliphatic heterocycles. The number of primary amides is 1. The van der Waals surface area contributed by atoms with Crippen LogP contribution >= 0.6 is 0 Å². The summed E-state index contributed by atoms with van der Waals surface area (Å²) in [5.74, 6) is -0.808. The summed E-state index contributed by atoms with van der Waals surface area (Å²) in [5.41, 5.74) is 6.96. The van der Waals surface area contributed by atoms with E-state index in [4.69, 9.17) is 10.5 Å². The van der Waals surface area contributed by atoms with Gasteiger partial charge in [-0.15, -0.1) is 5.10 Å². The van der Waals surface area contributed by atoms with Gasteiger partial charge in [0, 0.05) is 23.5 Å². The van der Waals surface area contributed by atoms with E-state index in [1.54, 1.807) is 24.4 Å². The van der Waals surface area contributed by atoms with Crippen molar-refractivity contribution >= 4 is 33.2 Å². The first kappa shape index (κ1) is 22.0. The Bertz CT molecular complexity index is 1440. The van der Waals surface area contributed by atoms with Crippen molar-refractivity contribution in [2.24, 2.45) is 5.73 Å². The molecule has 0 radical (unpaired) electrons. The number of rotatable bonds is 8. The third-order valence-electron chi connectivity index (χ3n) is 4.50. The maximum atomic E-state index is 13.2. The van der Waals surface area contributed by atoms with E-state index in [0.717, 1.165) is 24.3 Å². The molecule has 0 spiro atoms. The highest BCUT2D eigenvalue weighted by Gasteiger charge is 2.18. The molecule has 0 saturated carbocycles. The van der Waals surface area contributed by atoms with Gasteiger partial charge in [-0.25, -0.2) is 22.3 Å². The van der Waals surface area contributed by atoms with E-state index < -0.39 is 21.7 Å². The van der Waals surface area contributed by atoms with E-state index in [9.17, 15) is 17.6 Å². The molecule has 3 aromatic heterocycles. The molecule has 0 fully saturated rings. The zero-order valence-electron chi connectivity index (χ0n) is 17.2. The van der Waals surface area contributed by atoms with Crippen LogP contribution in [0.5, 0.6) is 5.88 Å². The number of sulfonamides is 1. The second kappa shape index (κ2) is 8.70. The van der Waals surface area contributed by atoms with E-state index >= 15 is 0 Å². The Hall–Kier alpha value is -4.26. The molecule has 170 valence electrons. The maximum Gasteiger partial charge on any atom is 0.262 e. The molecule has 33 heavy (non-hydrogen) atoms. The van der Waals surface area contributed by atoms with Crippen LogP contribution in [0.15, 0.2) is 59.8 Å². The molecule has 0 aliphatic carbocycles. The number of aromatic nitrogens is 4. The van der Waals surface area contributed by atoms with Gasteiger partial charge in [0.05, 0.1) is 18.6 Å². The van der Waals surface area contributed by atoms with Gasteiger partial charge in [-0.05, 0) is 42.5 Å². The van der Waals surface area contributed by atoms with Crippen LogP contribution in [0.1, 0.15) is 0 Å². The maximum absolute atomic E-state index is 13.2. The number of nitrogens with one attached hydrogen (secondary N) is 2. The van der Waals surface area contributed by atoms with Crippen molar-refractivity contribution in [3.63, 3.8) is 0 Å². The number of carbonyl (C=O) groups excluding carboxylic acids is 1. The molecule has 11 nitrogen and oxygen atoms in total. The number of hydrogen-bond donors (Lipinski definition) is 3. The quantitative estimate of drug-likeness (QED) is 0.350. The number of pyridine rings is 2. The number of ether oxygens (including phenoxy) is 1. The number of methoxy groups -OCH3 is 1. The Balaban J connectivity index is 1.66. The summed E-state index contributed by atoms with van der Waals surface area (Å²) in [6, 6.07) is 9.43. The van der Waals surface area contributed by atoms with E-state index in [2.05, 4.69) is 25.1 Å². The van der Waals surface area contributed by atoms with Gasteiger partial charge in [-0.2, -0.15) is 4.98 Å². The first-order valence-corrected chi connectivity index (χ1v) is 10.9. The van der Waals surface area contributed by atoms with Crippen molar-refractivity contribution in [3.8, 4) is 17.0 Å². The number of benzene rings is 1. The zero-order chi connectivity index (χ0) is 23.6. The molecule has 1 amide bonds. The minimum atomic E-state index is -4.02. The molecule has 3 heterocycles. The fraction of sp³-hybridized carbons (Fsp3) is 0.100. The predicted molar refractivity (Wildman–Crippen MR) is 118 cm³/mol. The molecule has 4 rings (SSSR count). The summed E-state index contributed by atoms with van der Waals surface area (Å²) < 4.78 is 47.7. The van der Waals surface area contributed by atoms with Crippen molar-refractivity contribution < 1.29 is 22.3 Å². The van der Waals surface area contributed by atoms with Crippen LogP contribution in [0.4, 0.5) is 16.0 Å². The summed E-state index contributed by atoms with van der Waals surface area (Å²) >= 11 is 0. The van der Waals surface area contributed by atoms with E-state index in [-0.39, 0.29) is 29.0 Å². The zero-order valence-corrected chi connectivity index (χ0v) is 18.0. The number of carbonyl (C=O) groups is 1. The van der Waals surface area contributed by atoms with Crippen LogP contribution in [-0.2, 0) is 14.8 Å². The second-order valence-electron chi connectivity index (χ2n) is 6.82. The molecule has 1 aromatic carbocycles. The summed E-state index contributed by atoms with van der Waals surface area (Å²) in [6.07, 6.45) is 3.18. The average Bonchev–Trinajstić information content (AvgIpc) is 3.20. The second-order valence-corrected chi connectivity index (χ2v) is 8.50. The Morgan fingerprint density at radius 3 is 2.64 bits per heavy atom. The highest BCUT2D eigenvalue weighted by molar-refractivity contribution is 7.92. The first-order chi connectivity index (χ1) is 15.7. The lowest BCUT2D eigenvalue weighted by Gasteiger charge is -2.13. The van der Waals surface area contributed by atoms with Crippen LogP contribution < -0.4 is 20.5 Å². The summed E-state index contributed by atoms with van der Waals surface area (Å²) in [7, 11) is -2.66. The molecular formula is C20H18FN7O4S. The van der Waals surface area contributed by atoms with E-state index in [1.165, 1.54) is 17.8 Å². The monoisotopic (exact) mass is 471 g/mol. The number of amides is 1. The average molecular weight is 471 g/mol. The van der Waals surface area contributed by atoms with Crippen molar-refractivity contribution in [2.75, 3.05) is 23.7 Å². The molecule has 0 bridgehead atoms. The third-order valence-corrected chi connectivity index (χ3v) is 5.88. The molecular weight excluding hydrogens is 453 g/mol. The molecule has 4 aromatic rings. The van der Waals surface area contributed by atoms with Gasteiger partial charge in [-0.1, -0.05) is 0 Å². The molecule has 0 aliphatic rings. The topological polar surface area (TPSA) is 154 Å². The lowest BCUT2D eigenvalue weighted by molar-refractivity contribution is -0.116. The highest BCUT2D eigenvalue weighted by Crippen LogP contribution is 2.30. The standard InChI is InChI=1S/C20H18FN7O4S/c1-32-19-16(27-33(30,31)15-5-3-14(21)4-6-15)8-13(9-23-19)12-2-7-18-25-20(24-10-17(22)29)26-28(18)11-12/h2-9,11,27H,10H2,1H3,(H2,22,29)(H,24,26). The molecule has 13 heteroatoms. The van der Waals surface area contributed by atoms with Crippen molar-refractivity contribution in [1.82, 2.24) is 19.6 Å². The van der Waals surface area contributed by atoms with Crippen molar-refractivity contribution in [1.29, 1.82) is 0 Å². The Morgan fingerprint density at radius 2 is 1.94 bits per heavy atom. The van der Waals surface area contributed by atoms with Crippen molar-refractivity contribution in [3.05, 3.63) is 60.7 Å². The Labute approximate surface area is 187 Å². The van der Waals surface area contributed by atoms with Crippen LogP contribution in [-0.4, -0.2) is 47.6 Å². The number of hydrogen-bond acceptors (Lipinski definition) is 8. The number of anilines is 2. The number of nitrogens with zero attached hydrogens (tertiary/aromatic N) is 4. The summed E-state index contributed by atoms with van der Waals surface area (Å²) in [5, 5.41) is 6.95. The van der Waals surface area contributed by atoms with Gasteiger partial charge in [0.2, 0.25) is 17.7 Å². The lowest BCUT2D eigenvalue weighted by Crippen LogP contribution is -2.22. The van der Waals surface area contributed by atoms with Gasteiger partial charge < -0.3 is 15.8 Å². The van der Waals surface area contributed by atoms with Gasteiger partial charge in [-0.3, -0.25) is 9.52 Å². The van der Waals surface area contributed by atoms with Gasteiger partial charge in [0.1, 0.15) is 11.5 Å². The molecule has 0 unspecified atom stereocenters. The van der Waals surface area contributed by atoms with Gasteiger partial charge in [0.15, 0.2) is 5.65 Å². The fourth-order valence-electron chi connectivity index (χ4n) is 2.96. The fourth-order valence-corrected chi connectivity index (χ4v) is 4.01. The van der Waals surface area contributed by atoms with Gasteiger partial charge >= 0.3 is 0 Å². The van der Waals surface area contributed by atoms with Crippen LogP contribution in [0.2, 0.25) is 0 Å². The smallest absolute Gasteiger partial charge is 0.262 e. The van der Waals surface area contributed by atoms with E-state index in [0.29, 0.717) is 16.8 Å². The molecule has 4 N–H and O–H groups in total. The lowest BCUT2D eigenvalue weighted by atomic mass is 10.1. The SMILES string of the molecule is COc1ncc(-c2ccc3nc(NCC(N)=O)nn3c2)cc1NS(=O)(=O)c1ccc(F)cc1. The number of fused-ring (bicyclic) bond motifs is 1. The number of nitrogens with two attached hydrogens (primary N) is 1. The normalized spacial score (nSPS) is 11.3. The van der Waals surface area contributed by atoms with Crippen LogP contribution in [0, 0.1) is 5.82 Å². The molecule has 0 atom stereocenters. The van der Waals surface area contributed by atoms with Crippen molar-refractivity contribution in [2.45, 2.75) is 4.90 Å². The minimum absolute atomic E-state index is 0.0595. The Kier molecular flexibility index (Phi) is 5.79. The molecule has 0 saturated heterocycles. The van der Waals surface area contributed by atoms with E-state index in [1.807, 2.05) is 0 Å². The highest BCUT2D eigenvalue weighted by atomic mass is 32.2. The third kappa shape index (κ3) is 4.82. The number of halogens is 1. The largest absolute Gasteiger partial charge is 0.480 e. The Morgan fingerprint density at radius 1 is 1.18 bits per heavy atom. The summed E-state index contributed by atoms with van der Waals surface area (Å²) in [4.78, 5) is 19.2. The summed E-state index contributed by atoms with van der Waals surface area (Å²) in [6.45, 7) is -0.107.